The zero-order valence-electron chi connectivity index (χ0n) is 12.6. The lowest BCUT2D eigenvalue weighted by Crippen LogP contribution is -2.41. The van der Waals surface area contributed by atoms with E-state index in [2.05, 4.69) is 15.9 Å². The Balaban J connectivity index is 2.43. The Kier molecular flexibility index (Phi) is 4.46. The van der Waals surface area contributed by atoms with E-state index in [0.717, 1.165) is 0 Å². The summed E-state index contributed by atoms with van der Waals surface area (Å²) in [4.78, 5) is 11.8. The maximum Gasteiger partial charge on any atom is 0.494 e. The highest BCUT2D eigenvalue weighted by molar-refractivity contribution is 9.10. The smallest absolute Gasteiger partial charge is 0.465 e. The molecular weight excluding hydrogens is 358 g/mol. The van der Waals surface area contributed by atoms with E-state index in [0.29, 0.717) is 20.5 Å². The molecule has 1 aromatic rings. The molecule has 1 aromatic carbocycles. The van der Waals surface area contributed by atoms with Crippen LogP contribution < -0.4 is 5.46 Å². The lowest BCUT2D eigenvalue weighted by Gasteiger charge is -2.32. The number of hydrogen-bond donors (Lipinski definition) is 0. The molecule has 0 saturated carbocycles. The molecule has 0 radical (unpaired) electrons. The molecule has 4 nitrogen and oxygen atoms in total. The van der Waals surface area contributed by atoms with Crippen LogP contribution in [0, 0.1) is 0 Å². The summed E-state index contributed by atoms with van der Waals surface area (Å²) < 4.78 is 17.2. The fourth-order valence-electron chi connectivity index (χ4n) is 1.98. The second-order valence-corrected chi connectivity index (χ2v) is 7.14. The van der Waals surface area contributed by atoms with Gasteiger partial charge in [0.15, 0.2) is 0 Å². The van der Waals surface area contributed by atoms with Gasteiger partial charge in [0.2, 0.25) is 0 Å². The number of benzene rings is 1. The number of carbonyl (C=O) groups excluding carboxylic acids is 1. The number of carbonyl (C=O) groups is 1. The molecule has 0 spiro atoms. The maximum absolute atomic E-state index is 11.8. The van der Waals surface area contributed by atoms with Gasteiger partial charge in [0.05, 0.1) is 33.4 Å². The first-order chi connectivity index (χ1) is 9.59. The molecule has 0 unspecified atom stereocenters. The average molecular weight is 375 g/mol. The number of methoxy groups -OCH3 is 1. The second-order valence-electron chi connectivity index (χ2n) is 5.94. The first kappa shape index (κ1) is 16.8. The summed E-state index contributed by atoms with van der Waals surface area (Å²) >= 11 is 9.47. The predicted octanol–water partition coefficient (Wildman–Crippen LogP) is 3.19. The third kappa shape index (κ3) is 3.00. The number of halogens is 2. The minimum Gasteiger partial charge on any atom is -0.465 e. The number of esters is 1. The minimum atomic E-state index is -0.580. The van der Waals surface area contributed by atoms with Crippen LogP contribution in [0.1, 0.15) is 38.1 Å². The Morgan fingerprint density at radius 2 is 1.76 bits per heavy atom. The van der Waals surface area contributed by atoms with E-state index in [1.165, 1.54) is 7.11 Å². The van der Waals surface area contributed by atoms with E-state index in [1.54, 1.807) is 12.1 Å². The van der Waals surface area contributed by atoms with Crippen LogP contribution >= 0.6 is 27.5 Å². The molecule has 114 valence electrons. The summed E-state index contributed by atoms with van der Waals surface area (Å²) in [6.07, 6.45) is 0. The lowest BCUT2D eigenvalue weighted by atomic mass is 9.78. The van der Waals surface area contributed by atoms with Gasteiger partial charge in [-0.15, -0.1) is 0 Å². The molecule has 7 heteroatoms. The topological polar surface area (TPSA) is 44.8 Å². The SMILES string of the molecule is COC(=O)c1cc(B2OC(C)(C)C(C)(C)O2)cc(Cl)c1Br. The molecular formula is C14H17BBrClO4. The highest BCUT2D eigenvalue weighted by Crippen LogP contribution is 2.37. The molecule has 1 aliphatic heterocycles. The quantitative estimate of drug-likeness (QED) is 0.588. The van der Waals surface area contributed by atoms with Gasteiger partial charge in [-0.05, 0) is 61.2 Å². The van der Waals surface area contributed by atoms with Gasteiger partial charge in [0, 0.05) is 0 Å². The summed E-state index contributed by atoms with van der Waals surface area (Å²) in [5.74, 6) is -0.470. The largest absolute Gasteiger partial charge is 0.494 e. The Labute approximate surface area is 138 Å². The fourth-order valence-corrected chi connectivity index (χ4v) is 2.60. The summed E-state index contributed by atoms with van der Waals surface area (Å²) in [7, 11) is 0.744. The van der Waals surface area contributed by atoms with Crippen LogP contribution in [0.5, 0.6) is 0 Å². The third-order valence-corrected chi connectivity index (χ3v) is 5.36. The summed E-state index contributed by atoms with van der Waals surface area (Å²) in [6, 6.07) is 3.39. The molecule has 0 amide bonds. The first-order valence-electron chi connectivity index (χ1n) is 6.52. The summed E-state index contributed by atoms with van der Waals surface area (Å²) in [5, 5.41) is 0.405. The molecule has 21 heavy (non-hydrogen) atoms. The highest BCUT2D eigenvalue weighted by atomic mass is 79.9. The van der Waals surface area contributed by atoms with Crippen molar-refractivity contribution in [1.82, 2.24) is 0 Å². The van der Waals surface area contributed by atoms with Gasteiger partial charge in [0.1, 0.15) is 0 Å². The van der Waals surface area contributed by atoms with Crippen molar-refractivity contribution in [2.24, 2.45) is 0 Å². The van der Waals surface area contributed by atoms with Gasteiger partial charge in [0.25, 0.3) is 0 Å². The van der Waals surface area contributed by atoms with Crippen LogP contribution in [0.4, 0.5) is 0 Å². The highest BCUT2D eigenvalue weighted by Gasteiger charge is 2.51. The van der Waals surface area contributed by atoms with Crippen molar-refractivity contribution in [3.05, 3.63) is 27.2 Å². The summed E-state index contributed by atoms with van der Waals surface area (Å²) in [5.41, 5.74) is 0.114. The first-order valence-corrected chi connectivity index (χ1v) is 7.69. The molecule has 1 aliphatic rings. The fraction of sp³-hybridized carbons (Fsp3) is 0.500. The molecule has 2 rings (SSSR count). The van der Waals surface area contributed by atoms with Gasteiger partial charge in [-0.1, -0.05) is 11.6 Å². The maximum atomic E-state index is 11.8. The van der Waals surface area contributed by atoms with Crippen molar-refractivity contribution in [3.63, 3.8) is 0 Å². The molecule has 0 N–H and O–H groups in total. The average Bonchev–Trinajstić information content (AvgIpc) is 2.60. The van der Waals surface area contributed by atoms with Gasteiger partial charge < -0.3 is 14.0 Å². The van der Waals surface area contributed by atoms with E-state index in [1.807, 2.05) is 27.7 Å². The number of rotatable bonds is 2. The Hall–Kier alpha value is -0.555. The van der Waals surface area contributed by atoms with E-state index in [-0.39, 0.29) is 0 Å². The van der Waals surface area contributed by atoms with Gasteiger partial charge in [-0.2, -0.15) is 0 Å². The standard InChI is InChI=1S/C14H17BBrClO4/c1-13(2)14(3,4)21-15(20-13)8-6-9(12(18)19-5)11(16)10(17)7-8/h6-7H,1-5H3. The molecule has 1 fully saturated rings. The van der Waals surface area contributed by atoms with E-state index >= 15 is 0 Å². The van der Waals surface area contributed by atoms with E-state index in [4.69, 9.17) is 25.6 Å². The van der Waals surface area contributed by atoms with Crippen LogP contribution in [0.25, 0.3) is 0 Å². The lowest BCUT2D eigenvalue weighted by molar-refractivity contribution is 0.00578. The van der Waals surface area contributed by atoms with Crippen LogP contribution in [0.3, 0.4) is 0 Å². The van der Waals surface area contributed by atoms with Crippen molar-refractivity contribution in [1.29, 1.82) is 0 Å². The van der Waals surface area contributed by atoms with Crippen molar-refractivity contribution >= 4 is 46.1 Å². The molecule has 0 aromatic heterocycles. The third-order valence-electron chi connectivity index (χ3n) is 3.98. The van der Waals surface area contributed by atoms with E-state index in [9.17, 15) is 4.79 Å². The molecule has 1 heterocycles. The number of ether oxygens (including phenoxy) is 1. The Morgan fingerprint density at radius 3 is 2.24 bits per heavy atom. The predicted molar refractivity (Wildman–Crippen MR) is 86.2 cm³/mol. The van der Waals surface area contributed by atoms with Crippen LogP contribution in [-0.4, -0.2) is 31.4 Å². The normalized spacial score (nSPS) is 19.7. The number of hydrogen-bond acceptors (Lipinski definition) is 4. The minimum absolute atomic E-state index is 0.342. The van der Waals surface area contributed by atoms with Crippen LogP contribution in [-0.2, 0) is 14.0 Å². The van der Waals surface area contributed by atoms with Gasteiger partial charge in [-0.3, -0.25) is 0 Å². The van der Waals surface area contributed by atoms with Crippen molar-refractivity contribution in [2.75, 3.05) is 7.11 Å². The Bertz CT molecular complexity index is 573. The van der Waals surface area contributed by atoms with Crippen molar-refractivity contribution in [3.8, 4) is 0 Å². The Morgan fingerprint density at radius 1 is 1.24 bits per heavy atom. The zero-order valence-corrected chi connectivity index (χ0v) is 15.0. The van der Waals surface area contributed by atoms with Gasteiger partial charge >= 0.3 is 13.1 Å². The second kappa shape index (κ2) is 5.58. The zero-order chi connectivity index (χ0) is 16.0. The van der Waals surface area contributed by atoms with E-state index < -0.39 is 24.3 Å². The van der Waals surface area contributed by atoms with Crippen LogP contribution in [0.15, 0.2) is 16.6 Å². The van der Waals surface area contributed by atoms with Crippen molar-refractivity contribution in [2.45, 2.75) is 38.9 Å². The molecule has 1 saturated heterocycles. The van der Waals surface area contributed by atoms with Gasteiger partial charge in [-0.25, -0.2) is 4.79 Å². The van der Waals surface area contributed by atoms with Crippen molar-refractivity contribution < 1.29 is 18.8 Å². The molecule has 0 atom stereocenters. The monoisotopic (exact) mass is 374 g/mol. The molecule has 0 aliphatic carbocycles. The molecule has 0 bridgehead atoms. The van der Waals surface area contributed by atoms with Crippen LogP contribution in [0.2, 0.25) is 5.02 Å². The summed E-state index contributed by atoms with van der Waals surface area (Å²) in [6.45, 7) is 7.87.